The average molecular weight is 519 g/mol. The Bertz CT molecular complexity index is 1170. The Morgan fingerprint density at radius 3 is 1.87 bits per heavy atom. The molecule has 3 aromatic carbocycles. The van der Waals surface area contributed by atoms with Crippen molar-refractivity contribution < 1.29 is 13.5 Å². The van der Waals surface area contributed by atoms with Gasteiger partial charge in [-0.1, -0.05) is 77.8 Å². The second kappa shape index (κ2) is 12.5. The predicted octanol–water partition coefficient (Wildman–Crippen LogP) is 10.8. The number of halogens is 2. The zero-order chi connectivity index (χ0) is 27.3. The minimum atomic E-state index is -0.539. The van der Waals surface area contributed by atoms with Gasteiger partial charge >= 0.3 is 0 Å². The lowest BCUT2D eigenvalue weighted by Gasteiger charge is -2.30. The van der Waals surface area contributed by atoms with Crippen LogP contribution in [0.5, 0.6) is 5.75 Å². The van der Waals surface area contributed by atoms with E-state index in [0.717, 1.165) is 48.5 Å². The Balaban J connectivity index is 1.55. The van der Waals surface area contributed by atoms with Gasteiger partial charge in [-0.25, -0.2) is 8.78 Å². The maximum absolute atomic E-state index is 15.4. The summed E-state index contributed by atoms with van der Waals surface area (Å²) in [6.07, 6.45) is 8.90. The van der Waals surface area contributed by atoms with Gasteiger partial charge in [0.25, 0.3) is 0 Å². The summed E-state index contributed by atoms with van der Waals surface area (Å²) in [5, 5.41) is 0. The van der Waals surface area contributed by atoms with Crippen LogP contribution in [0.4, 0.5) is 8.78 Å². The predicted molar refractivity (Wildman–Crippen MR) is 156 cm³/mol. The minimum Gasteiger partial charge on any atom is -0.493 e. The van der Waals surface area contributed by atoms with Crippen LogP contribution >= 0.6 is 0 Å². The molecule has 0 aliphatic heterocycles. The summed E-state index contributed by atoms with van der Waals surface area (Å²) in [6, 6.07) is 16.7. The van der Waals surface area contributed by atoms with Crippen LogP contribution in [0.1, 0.15) is 96.6 Å². The number of rotatable bonds is 10. The van der Waals surface area contributed by atoms with E-state index in [9.17, 15) is 0 Å². The van der Waals surface area contributed by atoms with Gasteiger partial charge in [0.2, 0.25) is 0 Å². The van der Waals surface area contributed by atoms with E-state index in [1.807, 2.05) is 31.2 Å². The van der Waals surface area contributed by atoms with Crippen molar-refractivity contribution in [3.63, 3.8) is 0 Å². The number of hydrogen-bond donors (Lipinski definition) is 0. The summed E-state index contributed by atoms with van der Waals surface area (Å²) in [4.78, 5) is 0. The molecule has 4 rings (SSSR count). The number of ether oxygens (including phenoxy) is 1. The molecule has 0 N–H and O–H groups in total. The molecule has 0 heterocycles. The zero-order valence-corrected chi connectivity index (χ0v) is 23.9. The largest absolute Gasteiger partial charge is 0.493 e. The Morgan fingerprint density at radius 1 is 0.737 bits per heavy atom. The minimum absolute atomic E-state index is 0.0213. The number of hydrogen-bond acceptors (Lipinski definition) is 1. The fraction of sp³-hybridized carbons (Fsp3) is 0.486. The van der Waals surface area contributed by atoms with E-state index in [0.29, 0.717) is 23.7 Å². The normalized spacial score (nSPS) is 18.0. The highest BCUT2D eigenvalue weighted by molar-refractivity contribution is 5.73. The maximum atomic E-state index is 15.4. The molecule has 3 aromatic rings. The van der Waals surface area contributed by atoms with Gasteiger partial charge < -0.3 is 4.74 Å². The smallest absolute Gasteiger partial charge is 0.134 e. The zero-order valence-electron chi connectivity index (χ0n) is 23.9. The van der Waals surface area contributed by atoms with E-state index in [-0.39, 0.29) is 11.0 Å². The third-order valence-corrected chi connectivity index (χ3v) is 9.29. The molecule has 0 amide bonds. The third-order valence-electron chi connectivity index (χ3n) is 9.29. The van der Waals surface area contributed by atoms with Crippen molar-refractivity contribution in [1.82, 2.24) is 0 Å². The lowest BCUT2D eigenvalue weighted by Crippen LogP contribution is -2.26. The van der Waals surface area contributed by atoms with E-state index in [4.69, 9.17) is 4.74 Å². The van der Waals surface area contributed by atoms with Crippen molar-refractivity contribution in [2.45, 2.75) is 91.9 Å². The molecule has 0 radical (unpaired) electrons. The van der Waals surface area contributed by atoms with Crippen molar-refractivity contribution in [1.29, 1.82) is 0 Å². The fourth-order valence-corrected chi connectivity index (χ4v) is 6.00. The summed E-state index contributed by atoms with van der Waals surface area (Å²) < 4.78 is 37.1. The second-order valence-corrected chi connectivity index (χ2v) is 11.4. The van der Waals surface area contributed by atoms with Crippen LogP contribution in [0.2, 0.25) is 0 Å². The van der Waals surface area contributed by atoms with E-state index < -0.39 is 11.6 Å². The van der Waals surface area contributed by atoms with Gasteiger partial charge in [0.15, 0.2) is 0 Å². The Hall–Kier alpha value is -2.68. The molecular weight excluding hydrogens is 474 g/mol. The first-order valence-electron chi connectivity index (χ1n) is 14.7. The van der Waals surface area contributed by atoms with Crippen LogP contribution < -0.4 is 4.74 Å². The van der Waals surface area contributed by atoms with Crippen LogP contribution in [-0.2, 0) is 6.42 Å². The summed E-state index contributed by atoms with van der Waals surface area (Å²) in [5.41, 5.74) is 4.44. The molecule has 0 spiro atoms. The highest BCUT2D eigenvalue weighted by atomic mass is 19.1. The van der Waals surface area contributed by atoms with Crippen LogP contribution in [0.3, 0.4) is 0 Å². The van der Waals surface area contributed by atoms with E-state index >= 15 is 8.78 Å². The molecule has 38 heavy (non-hydrogen) atoms. The van der Waals surface area contributed by atoms with Gasteiger partial charge in [0.05, 0.1) is 12.2 Å². The van der Waals surface area contributed by atoms with Crippen LogP contribution in [0, 0.1) is 23.0 Å². The lowest BCUT2D eigenvalue weighted by molar-refractivity contribution is 0.127. The van der Waals surface area contributed by atoms with Gasteiger partial charge in [-0.2, -0.15) is 0 Å². The molecule has 204 valence electrons. The van der Waals surface area contributed by atoms with Gasteiger partial charge in [-0.15, -0.1) is 0 Å². The van der Waals surface area contributed by atoms with Gasteiger partial charge in [0, 0.05) is 5.41 Å². The lowest BCUT2D eigenvalue weighted by atomic mass is 9.79. The molecule has 3 heteroatoms. The number of benzene rings is 3. The van der Waals surface area contributed by atoms with Gasteiger partial charge in [-0.05, 0) is 102 Å². The van der Waals surface area contributed by atoms with Gasteiger partial charge in [-0.3, -0.25) is 0 Å². The molecule has 0 bridgehead atoms. The van der Waals surface area contributed by atoms with Crippen molar-refractivity contribution >= 4 is 0 Å². The number of aryl methyl sites for hydroxylation is 1. The molecule has 1 saturated carbocycles. The van der Waals surface area contributed by atoms with E-state index in [1.54, 1.807) is 6.07 Å². The third kappa shape index (κ3) is 6.14. The fourth-order valence-electron chi connectivity index (χ4n) is 6.00. The van der Waals surface area contributed by atoms with Crippen molar-refractivity contribution in [2.75, 3.05) is 6.61 Å². The first-order chi connectivity index (χ1) is 18.3. The second-order valence-electron chi connectivity index (χ2n) is 11.4. The molecule has 1 fully saturated rings. The molecule has 0 atom stereocenters. The highest BCUT2D eigenvalue weighted by Gasteiger charge is 2.25. The monoisotopic (exact) mass is 518 g/mol. The summed E-state index contributed by atoms with van der Waals surface area (Å²) >= 11 is 0. The maximum Gasteiger partial charge on any atom is 0.134 e. The summed E-state index contributed by atoms with van der Waals surface area (Å²) in [6.45, 7) is 11.7. The molecular formula is C35H44F2O. The summed E-state index contributed by atoms with van der Waals surface area (Å²) in [5.74, 6) is 1.14. The van der Waals surface area contributed by atoms with Crippen LogP contribution in [0.25, 0.3) is 22.3 Å². The average Bonchev–Trinajstić information content (AvgIpc) is 2.94. The molecule has 0 aromatic heterocycles. The molecule has 0 saturated heterocycles. The standard InChI is InChI=1S/C35H44F2O/c1-6-25-20-29(18-19-33(25)38-23-35(7-2,8-3)9-4)34-31(36)21-30(22-32(34)37)28-16-14-27(15-17-28)26-12-10-24(5)11-13-26/h14-22,24,26H,6-13,23H2,1-5H3. The first-order valence-corrected chi connectivity index (χ1v) is 14.7. The topological polar surface area (TPSA) is 9.23 Å². The summed E-state index contributed by atoms with van der Waals surface area (Å²) in [7, 11) is 0. The van der Waals surface area contributed by atoms with Crippen molar-refractivity contribution in [3.8, 4) is 28.0 Å². The Morgan fingerprint density at radius 2 is 1.32 bits per heavy atom. The first kappa shape index (κ1) is 28.3. The quantitative estimate of drug-likeness (QED) is 0.259. The van der Waals surface area contributed by atoms with Crippen molar-refractivity contribution in [3.05, 3.63) is 77.4 Å². The SMILES string of the molecule is CCc1cc(-c2c(F)cc(-c3ccc(C4CCC(C)CC4)cc3)cc2F)ccc1OCC(CC)(CC)CC. The molecule has 1 aliphatic rings. The Labute approximate surface area is 228 Å². The Kier molecular flexibility index (Phi) is 9.28. The van der Waals surface area contributed by atoms with Crippen LogP contribution in [0.15, 0.2) is 54.6 Å². The van der Waals surface area contributed by atoms with E-state index in [2.05, 4.69) is 39.8 Å². The highest BCUT2D eigenvalue weighted by Crippen LogP contribution is 2.38. The molecule has 1 aliphatic carbocycles. The van der Waals surface area contributed by atoms with Crippen molar-refractivity contribution in [2.24, 2.45) is 11.3 Å². The molecule has 1 nitrogen and oxygen atoms in total. The van der Waals surface area contributed by atoms with Gasteiger partial charge in [0.1, 0.15) is 17.4 Å². The molecule has 0 unspecified atom stereocenters. The van der Waals surface area contributed by atoms with Crippen LogP contribution in [-0.4, -0.2) is 6.61 Å². The van der Waals surface area contributed by atoms with E-state index in [1.165, 1.54) is 43.4 Å².